The summed E-state index contributed by atoms with van der Waals surface area (Å²) in [6.45, 7) is 9.17. The summed E-state index contributed by atoms with van der Waals surface area (Å²) in [6, 6.07) is 9.60. The number of amides is 2. The van der Waals surface area contributed by atoms with Crippen molar-refractivity contribution in [1.82, 2.24) is 24.3 Å². The summed E-state index contributed by atoms with van der Waals surface area (Å²) in [7, 11) is 4.47. The Bertz CT molecular complexity index is 1950. The molecule has 13 nitrogen and oxygen atoms in total. The van der Waals surface area contributed by atoms with Crippen LogP contribution in [0.25, 0.3) is 5.69 Å². The van der Waals surface area contributed by atoms with Crippen LogP contribution in [0.2, 0.25) is 5.02 Å². The Morgan fingerprint density at radius 2 is 1.83 bits per heavy atom. The van der Waals surface area contributed by atoms with Gasteiger partial charge >= 0.3 is 6.09 Å². The molecule has 0 saturated heterocycles. The van der Waals surface area contributed by atoms with Gasteiger partial charge in [0.2, 0.25) is 11.8 Å². The predicted molar refractivity (Wildman–Crippen MR) is 171 cm³/mol. The number of nitriles is 1. The van der Waals surface area contributed by atoms with Crippen molar-refractivity contribution in [3.05, 3.63) is 86.2 Å². The second-order valence-electron chi connectivity index (χ2n) is 12.1. The lowest BCUT2D eigenvalue weighted by Crippen LogP contribution is -2.36. The Hall–Kier alpha value is -5.22. The molecule has 0 bridgehead atoms. The average Bonchev–Trinajstić information content (AvgIpc) is 3.52. The molecule has 2 amide bonds. The number of benzene rings is 1. The Kier molecular flexibility index (Phi) is 8.35. The number of halogens is 1. The molecule has 3 aromatic heterocycles. The first-order valence-electron chi connectivity index (χ1n) is 14.4. The van der Waals surface area contributed by atoms with E-state index in [0.29, 0.717) is 28.1 Å². The van der Waals surface area contributed by atoms with Crippen LogP contribution in [0, 0.1) is 11.3 Å². The van der Waals surface area contributed by atoms with Crippen LogP contribution in [0.5, 0.6) is 5.88 Å². The van der Waals surface area contributed by atoms with E-state index in [4.69, 9.17) is 26.2 Å². The van der Waals surface area contributed by atoms with Gasteiger partial charge in [0.25, 0.3) is 11.5 Å². The van der Waals surface area contributed by atoms with Gasteiger partial charge in [-0.1, -0.05) is 37.6 Å². The highest BCUT2D eigenvalue weighted by molar-refractivity contribution is 6.30. The molecule has 0 fully saturated rings. The molecule has 1 aliphatic heterocycles. The van der Waals surface area contributed by atoms with Gasteiger partial charge in [0, 0.05) is 25.9 Å². The van der Waals surface area contributed by atoms with E-state index in [0.717, 1.165) is 4.90 Å². The van der Waals surface area contributed by atoms with Gasteiger partial charge in [0.15, 0.2) is 5.69 Å². The van der Waals surface area contributed by atoms with Crippen LogP contribution < -0.4 is 20.1 Å². The van der Waals surface area contributed by atoms with Crippen LogP contribution in [-0.2, 0) is 11.8 Å². The Morgan fingerprint density at radius 3 is 2.41 bits per heavy atom. The Labute approximate surface area is 270 Å². The zero-order valence-corrected chi connectivity index (χ0v) is 27.4. The van der Waals surface area contributed by atoms with Crippen LogP contribution in [0.4, 0.5) is 16.4 Å². The van der Waals surface area contributed by atoms with Gasteiger partial charge in [-0.25, -0.2) is 19.4 Å². The highest BCUT2D eigenvalue weighted by Gasteiger charge is 2.46. The number of methoxy groups -OCH3 is 1. The number of rotatable bonds is 6. The standard InChI is InChI=1S/C32H33ClN8O5/c1-17(2)25-23-24(37-41(25)22-15-35-30(36-27(22)45-8)39(7)31(44)46-32(3,4)5)29(43)40(21-13-20(33)16-38(6)28(21)42)26(23)19-11-9-18(14-34)10-12-19/h9-13,15-17,26H,1-8H3. The van der Waals surface area contributed by atoms with E-state index >= 15 is 0 Å². The molecule has 46 heavy (non-hydrogen) atoms. The molecule has 0 aliphatic carbocycles. The van der Waals surface area contributed by atoms with E-state index in [9.17, 15) is 19.6 Å². The fourth-order valence-electron chi connectivity index (χ4n) is 5.32. The summed E-state index contributed by atoms with van der Waals surface area (Å²) in [5.74, 6) is -0.562. The second-order valence-corrected chi connectivity index (χ2v) is 12.5. The molecule has 1 aromatic carbocycles. The van der Waals surface area contributed by atoms with Gasteiger partial charge in [-0.2, -0.15) is 15.3 Å². The summed E-state index contributed by atoms with van der Waals surface area (Å²) in [6.07, 6.45) is 2.29. The van der Waals surface area contributed by atoms with Gasteiger partial charge in [-0.15, -0.1) is 0 Å². The monoisotopic (exact) mass is 644 g/mol. The fourth-order valence-corrected chi connectivity index (χ4v) is 5.57. The highest BCUT2D eigenvalue weighted by Crippen LogP contribution is 2.45. The van der Waals surface area contributed by atoms with E-state index in [-0.39, 0.29) is 34.2 Å². The lowest BCUT2D eigenvalue weighted by Gasteiger charge is -2.27. The summed E-state index contributed by atoms with van der Waals surface area (Å²) in [5, 5.41) is 14.4. The largest absolute Gasteiger partial charge is 0.479 e. The second kappa shape index (κ2) is 11.9. The van der Waals surface area contributed by atoms with Crippen molar-refractivity contribution in [2.45, 2.75) is 52.2 Å². The van der Waals surface area contributed by atoms with E-state index in [1.165, 1.54) is 42.1 Å². The number of nitrogens with zero attached hydrogens (tertiary/aromatic N) is 8. The molecule has 1 atom stereocenters. The minimum absolute atomic E-state index is 0.0372. The lowest BCUT2D eigenvalue weighted by atomic mass is 9.94. The molecular weight excluding hydrogens is 612 g/mol. The number of aryl methyl sites for hydroxylation is 1. The van der Waals surface area contributed by atoms with Gasteiger partial charge < -0.3 is 14.0 Å². The number of fused-ring (bicyclic) bond motifs is 1. The number of anilines is 2. The molecule has 0 saturated carbocycles. The van der Waals surface area contributed by atoms with Gasteiger partial charge in [0.1, 0.15) is 17.0 Å². The fraction of sp³-hybridized carbons (Fsp3) is 0.344. The van der Waals surface area contributed by atoms with Crippen LogP contribution in [0.3, 0.4) is 0 Å². The van der Waals surface area contributed by atoms with Crippen LogP contribution >= 0.6 is 11.6 Å². The van der Waals surface area contributed by atoms with Crippen LogP contribution in [0.1, 0.15) is 79.5 Å². The van der Waals surface area contributed by atoms with E-state index in [1.807, 2.05) is 13.8 Å². The normalized spacial score (nSPS) is 14.3. The SMILES string of the molecule is COc1nc(N(C)C(=O)OC(C)(C)C)ncc1-n1nc2c(c1C(C)C)C(c1ccc(C#N)cc1)N(c1cc(Cl)cn(C)c1=O)C2=O. The van der Waals surface area contributed by atoms with Crippen molar-refractivity contribution in [1.29, 1.82) is 5.26 Å². The smallest absolute Gasteiger partial charge is 0.416 e. The predicted octanol–water partition coefficient (Wildman–Crippen LogP) is 5.14. The summed E-state index contributed by atoms with van der Waals surface area (Å²) >= 11 is 6.36. The molecule has 238 valence electrons. The first kappa shape index (κ1) is 32.2. The van der Waals surface area contributed by atoms with Crippen molar-refractivity contribution >= 4 is 35.2 Å². The molecule has 1 unspecified atom stereocenters. The first-order chi connectivity index (χ1) is 21.7. The maximum absolute atomic E-state index is 14.3. The Balaban J connectivity index is 1.71. The number of aromatic nitrogens is 5. The quantitative estimate of drug-likeness (QED) is 0.278. The molecule has 1 aliphatic rings. The van der Waals surface area contributed by atoms with E-state index < -0.39 is 29.2 Å². The molecule has 5 rings (SSSR count). The summed E-state index contributed by atoms with van der Waals surface area (Å²) in [4.78, 5) is 51.8. The third-order valence-electron chi connectivity index (χ3n) is 7.32. The highest BCUT2D eigenvalue weighted by atomic mass is 35.5. The van der Waals surface area contributed by atoms with Crippen molar-refractivity contribution in [2.24, 2.45) is 7.05 Å². The van der Waals surface area contributed by atoms with Crippen molar-refractivity contribution < 1.29 is 19.1 Å². The number of pyridine rings is 1. The minimum atomic E-state index is -0.781. The maximum atomic E-state index is 14.3. The molecule has 4 aromatic rings. The number of carbonyl (C=O) groups is 2. The number of carbonyl (C=O) groups excluding carboxylic acids is 2. The zero-order valence-electron chi connectivity index (χ0n) is 26.7. The molecule has 0 N–H and O–H groups in total. The van der Waals surface area contributed by atoms with Gasteiger partial charge in [0.05, 0.1) is 41.7 Å². The van der Waals surface area contributed by atoms with Crippen molar-refractivity contribution in [2.75, 3.05) is 24.0 Å². The lowest BCUT2D eigenvalue weighted by molar-refractivity contribution is 0.0587. The van der Waals surface area contributed by atoms with Crippen LogP contribution in [-0.4, -0.2) is 56.1 Å². The van der Waals surface area contributed by atoms with Gasteiger partial charge in [-0.05, 0) is 50.5 Å². The van der Waals surface area contributed by atoms with E-state index in [2.05, 4.69) is 16.0 Å². The molecule has 0 spiro atoms. The Morgan fingerprint density at radius 1 is 1.15 bits per heavy atom. The molecule has 0 radical (unpaired) electrons. The molecule has 14 heteroatoms. The van der Waals surface area contributed by atoms with E-state index in [1.54, 1.807) is 56.8 Å². The third-order valence-corrected chi connectivity index (χ3v) is 7.52. The average molecular weight is 645 g/mol. The van der Waals surface area contributed by atoms with Gasteiger partial charge in [-0.3, -0.25) is 14.5 Å². The number of ether oxygens (including phenoxy) is 2. The summed E-state index contributed by atoms with van der Waals surface area (Å²) in [5.41, 5.74) is 1.72. The number of hydrogen-bond acceptors (Lipinski definition) is 9. The third kappa shape index (κ3) is 5.67. The minimum Gasteiger partial charge on any atom is -0.479 e. The van der Waals surface area contributed by atoms with Crippen molar-refractivity contribution in [3.63, 3.8) is 0 Å². The maximum Gasteiger partial charge on any atom is 0.416 e. The molecule has 4 heterocycles. The van der Waals surface area contributed by atoms with Crippen molar-refractivity contribution in [3.8, 4) is 17.6 Å². The topological polar surface area (TPSA) is 148 Å². The molecular formula is C32H33ClN8O5. The number of hydrogen-bond donors (Lipinski definition) is 0. The summed E-state index contributed by atoms with van der Waals surface area (Å²) < 4.78 is 13.9. The first-order valence-corrected chi connectivity index (χ1v) is 14.7. The zero-order chi connectivity index (χ0) is 33.7. The van der Waals surface area contributed by atoms with Crippen LogP contribution in [0.15, 0.2) is 47.5 Å².